The molecule has 2 aromatic carbocycles. The minimum absolute atomic E-state index is 0.128. The van der Waals surface area contributed by atoms with Gasteiger partial charge in [0.2, 0.25) is 5.75 Å². The Morgan fingerprint density at radius 2 is 1.95 bits per heavy atom. The molecule has 0 bridgehead atoms. The molecule has 0 saturated carbocycles. The molecule has 0 fully saturated rings. The molecule has 1 unspecified atom stereocenters. The van der Waals surface area contributed by atoms with Crippen LogP contribution >= 0.6 is 11.6 Å². The fraction of sp³-hybridized carbons (Fsp3) is 0.200. The highest BCUT2D eigenvalue weighted by Gasteiger charge is 2.17. The van der Waals surface area contributed by atoms with Gasteiger partial charge in [-0.1, -0.05) is 23.7 Å². The van der Waals surface area contributed by atoms with Crippen molar-refractivity contribution in [2.45, 2.75) is 20.0 Å². The van der Waals surface area contributed by atoms with Crippen molar-refractivity contribution in [2.75, 3.05) is 0 Å². The number of hydrogen-bond acceptors (Lipinski definition) is 4. The number of aliphatic hydroxyl groups excluding tert-OH is 1. The summed E-state index contributed by atoms with van der Waals surface area (Å²) < 4.78 is 5.56. The maximum atomic E-state index is 11.0. The molecule has 0 aliphatic heterocycles. The quantitative estimate of drug-likeness (QED) is 0.671. The molecule has 0 aliphatic rings. The second kappa shape index (κ2) is 6.11. The van der Waals surface area contributed by atoms with Gasteiger partial charge in [0, 0.05) is 6.07 Å². The predicted octanol–water partition coefficient (Wildman–Crippen LogP) is 4.40. The van der Waals surface area contributed by atoms with Crippen molar-refractivity contribution in [3.8, 4) is 11.5 Å². The Kier molecular flexibility index (Phi) is 4.45. The molecule has 0 radical (unpaired) electrons. The molecule has 21 heavy (non-hydrogen) atoms. The van der Waals surface area contributed by atoms with Crippen molar-refractivity contribution in [2.24, 2.45) is 0 Å². The number of benzene rings is 2. The van der Waals surface area contributed by atoms with Gasteiger partial charge in [0.25, 0.3) is 0 Å². The zero-order valence-corrected chi connectivity index (χ0v) is 12.3. The average Bonchev–Trinajstić information content (AvgIpc) is 2.40. The first kappa shape index (κ1) is 15.3. The summed E-state index contributed by atoms with van der Waals surface area (Å²) in [6.07, 6.45) is -0.648. The molecule has 2 aromatic rings. The zero-order valence-electron chi connectivity index (χ0n) is 11.5. The van der Waals surface area contributed by atoms with Gasteiger partial charge in [0.05, 0.1) is 16.0 Å². The summed E-state index contributed by atoms with van der Waals surface area (Å²) in [5.41, 5.74) is 1.36. The highest BCUT2D eigenvalue weighted by molar-refractivity contribution is 6.32. The summed E-state index contributed by atoms with van der Waals surface area (Å²) >= 11 is 6.09. The molecular weight excluding hydrogens is 294 g/mol. The average molecular weight is 308 g/mol. The lowest BCUT2D eigenvalue weighted by atomic mass is 10.1. The molecule has 0 amide bonds. The Morgan fingerprint density at radius 1 is 1.24 bits per heavy atom. The smallest absolute Gasteiger partial charge is 0.311 e. The number of hydrogen-bond donors (Lipinski definition) is 1. The van der Waals surface area contributed by atoms with E-state index in [1.807, 2.05) is 6.92 Å². The standard InChI is InChI=1S/C15H14ClNO4/c1-9-3-5-13(17(19)20)15(7-9)21-14-6-4-11(10(2)18)8-12(14)16/h3-8,10,18H,1-2H3. The van der Waals surface area contributed by atoms with Crippen LogP contribution in [0.3, 0.4) is 0 Å². The normalized spacial score (nSPS) is 12.0. The fourth-order valence-electron chi connectivity index (χ4n) is 1.83. The summed E-state index contributed by atoms with van der Waals surface area (Å²) in [6, 6.07) is 9.43. The Balaban J connectivity index is 2.38. The number of nitrogens with zero attached hydrogens (tertiary/aromatic N) is 1. The number of rotatable bonds is 4. The van der Waals surface area contributed by atoms with Gasteiger partial charge >= 0.3 is 5.69 Å². The second-order valence-corrected chi connectivity index (χ2v) is 5.10. The van der Waals surface area contributed by atoms with Crippen molar-refractivity contribution in [1.82, 2.24) is 0 Å². The van der Waals surface area contributed by atoms with Crippen molar-refractivity contribution < 1.29 is 14.8 Å². The molecule has 0 aromatic heterocycles. The van der Waals surface area contributed by atoms with Gasteiger partial charge in [-0.05, 0) is 43.2 Å². The molecular formula is C15H14ClNO4. The second-order valence-electron chi connectivity index (χ2n) is 4.70. The lowest BCUT2D eigenvalue weighted by molar-refractivity contribution is -0.385. The van der Waals surface area contributed by atoms with E-state index in [1.54, 1.807) is 37.3 Å². The SMILES string of the molecule is Cc1ccc([N+](=O)[O-])c(Oc2ccc(C(C)O)cc2Cl)c1. The van der Waals surface area contributed by atoms with E-state index in [1.165, 1.54) is 6.07 Å². The third kappa shape index (κ3) is 3.51. The number of aliphatic hydroxyl groups is 1. The van der Waals surface area contributed by atoms with Crippen LogP contribution in [0.1, 0.15) is 24.2 Å². The molecule has 1 N–H and O–H groups in total. The largest absolute Gasteiger partial charge is 0.449 e. The monoisotopic (exact) mass is 307 g/mol. The fourth-order valence-corrected chi connectivity index (χ4v) is 2.06. The molecule has 0 aliphatic carbocycles. The van der Waals surface area contributed by atoms with Gasteiger partial charge in [0.15, 0.2) is 0 Å². The number of nitro groups is 1. The Hall–Kier alpha value is -2.11. The Morgan fingerprint density at radius 3 is 2.52 bits per heavy atom. The molecule has 0 spiro atoms. The van der Waals surface area contributed by atoms with Crippen molar-refractivity contribution >= 4 is 17.3 Å². The first-order valence-electron chi connectivity index (χ1n) is 6.29. The van der Waals surface area contributed by atoms with E-state index in [9.17, 15) is 15.2 Å². The van der Waals surface area contributed by atoms with Crippen molar-refractivity contribution in [3.63, 3.8) is 0 Å². The van der Waals surface area contributed by atoms with Crippen LogP contribution in [0.15, 0.2) is 36.4 Å². The number of nitro benzene ring substituents is 1. The third-order valence-electron chi connectivity index (χ3n) is 2.97. The van der Waals surface area contributed by atoms with Crippen LogP contribution in [0.25, 0.3) is 0 Å². The van der Waals surface area contributed by atoms with Crippen LogP contribution in [-0.2, 0) is 0 Å². The molecule has 1 atom stereocenters. The summed E-state index contributed by atoms with van der Waals surface area (Å²) in [6.45, 7) is 3.44. The van der Waals surface area contributed by atoms with Gasteiger partial charge in [-0.15, -0.1) is 0 Å². The van der Waals surface area contributed by atoms with Crippen LogP contribution in [0, 0.1) is 17.0 Å². The number of aryl methyl sites for hydroxylation is 1. The van der Waals surface area contributed by atoms with Crippen molar-refractivity contribution in [1.29, 1.82) is 0 Å². The summed E-state index contributed by atoms with van der Waals surface area (Å²) in [7, 11) is 0. The van der Waals surface area contributed by atoms with Crippen LogP contribution in [0.2, 0.25) is 5.02 Å². The minimum Gasteiger partial charge on any atom is -0.449 e. The van der Waals surface area contributed by atoms with E-state index in [0.29, 0.717) is 11.3 Å². The predicted molar refractivity (Wildman–Crippen MR) is 80.0 cm³/mol. The molecule has 2 rings (SSSR count). The van der Waals surface area contributed by atoms with E-state index in [4.69, 9.17) is 16.3 Å². The highest BCUT2D eigenvalue weighted by atomic mass is 35.5. The Bertz CT molecular complexity index is 685. The highest BCUT2D eigenvalue weighted by Crippen LogP contribution is 2.36. The summed E-state index contributed by atoms with van der Waals surface area (Å²) in [4.78, 5) is 10.5. The van der Waals surface area contributed by atoms with Gasteiger partial charge in [-0.25, -0.2) is 0 Å². The topological polar surface area (TPSA) is 72.6 Å². The summed E-state index contributed by atoms with van der Waals surface area (Å²) in [5, 5.41) is 20.8. The van der Waals surface area contributed by atoms with Gasteiger partial charge in [-0.3, -0.25) is 10.1 Å². The van der Waals surface area contributed by atoms with Crippen molar-refractivity contribution in [3.05, 3.63) is 62.7 Å². The van der Waals surface area contributed by atoms with Crippen LogP contribution in [0.4, 0.5) is 5.69 Å². The maximum absolute atomic E-state index is 11.0. The van der Waals surface area contributed by atoms with Crippen LogP contribution in [0.5, 0.6) is 11.5 Å². The molecule has 0 heterocycles. The van der Waals surface area contributed by atoms with E-state index in [-0.39, 0.29) is 16.5 Å². The third-order valence-corrected chi connectivity index (χ3v) is 3.27. The first-order chi connectivity index (χ1) is 9.88. The first-order valence-corrected chi connectivity index (χ1v) is 6.66. The van der Waals surface area contributed by atoms with Gasteiger partial charge < -0.3 is 9.84 Å². The van der Waals surface area contributed by atoms with Gasteiger partial charge in [0.1, 0.15) is 5.75 Å². The Labute approximate surface area is 126 Å². The molecule has 6 heteroatoms. The maximum Gasteiger partial charge on any atom is 0.311 e. The van der Waals surface area contributed by atoms with Crippen LogP contribution in [-0.4, -0.2) is 10.0 Å². The summed E-state index contributed by atoms with van der Waals surface area (Å²) in [5.74, 6) is 0.432. The molecule has 0 saturated heterocycles. The lowest BCUT2D eigenvalue weighted by Crippen LogP contribution is -1.96. The number of ether oxygens (including phenoxy) is 1. The van der Waals surface area contributed by atoms with E-state index < -0.39 is 11.0 Å². The lowest BCUT2D eigenvalue weighted by Gasteiger charge is -2.11. The van der Waals surface area contributed by atoms with E-state index >= 15 is 0 Å². The zero-order chi connectivity index (χ0) is 15.6. The van der Waals surface area contributed by atoms with Crippen LogP contribution < -0.4 is 4.74 Å². The van der Waals surface area contributed by atoms with E-state index in [2.05, 4.69) is 0 Å². The molecule has 110 valence electrons. The molecule has 5 nitrogen and oxygen atoms in total. The van der Waals surface area contributed by atoms with Gasteiger partial charge in [-0.2, -0.15) is 0 Å². The minimum atomic E-state index is -0.648. The van der Waals surface area contributed by atoms with E-state index in [0.717, 1.165) is 5.56 Å². The number of halogens is 1.